The number of imidazole rings is 1. The molecular formula is C26H30N6O5. The smallest absolute Gasteiger partial charge is 0.332 e. The zero-order valence-electron chi connectivity index (χ0n) is 21.4. The molecule has 4 aromatic rings. The molecule has 0 aliphatic heterocycles. The van der Waals surface area contributed by atoms with Gasteiger partial charge < -0.3 is 19.1 Å². The molecule has 0 spiro atoms. The molecule has 1 atom stereocenters. The Labute approximate surface area is 213 Å². The molecule has 11 nitrogen and oxygen atoms in total. The quantitative estimate of drug-likeness (QED) is 0.263. The minimum Gasteiger partial charge on any atom is -0.497 e. The number of nitrogens with zero attached hydrogens (tertiary/aromatic N) is 5. The Balaban J connectivity index is 1.68. The van der Waals surface area contributed by atoms with E-state index in [9.17, 15) is 14.7 Å². The van der Waals surface area contributed by atoms with Gasteiger partial charge in [0, 0.05) is 14.1 Å². The first-order valence-electron chi connectivity index (χ1n) is 11.7. The number of aromatic nitrogens is 4. The number of para-hydroxylation sites is 1. The molecule has 0 saturated carbocycles. The fourth-order valence-corrected chi connectivity index (χ4v) is 3.91. The lowest BCUT2D eigenvalue weighted by Gasteiger charge is -2.16. The molecule has 194 valence electrons. The van der Waals surface area contributed by atoms with Gasteiger partial charge in [0.25, 0.3) is 5.56 Å². The second-order valence-electron chi connectivity index (χ2n) is 8.69. The second kappa shape index (κ2) is 10.7. The number of ether oxygens (including phenoxy) is 2. The summed E-state index contributed by atoms with van der Waals surface area (Å²) < 4.78 is 14.8. The van der Waals surface area contributed by atoms with Gasteiger partial charge in [0.2, 0.25) is 5.95 Å². The predicted molar refractivity (Wildman–Crippen MR) is 142 cm³/mol. The van der Waals surface area contributed by atoms with Crippen LogP contribution >= 0.6 is 0 Å². The van der Waals surface area contributed by atoms with E-state index in [1.807, 2.05) is 62.4 Å². The SMILES string of the molecule is COc1ccc(C(C)=NNc2nc3c(c(=O)n(C)c(=O)n3C)n2CC(O)COc2ccccc2C)cc1. The minimum atomic E-state index is -0.980. The largest absolute Gasteiger partial charge is 0.497 e. The molecule has 4 rings (SSSR count). The fraction of sp³-hybridized carbons (Fsp3) is 0.308. The third-order valence-electron chi connectivity index (χ3n) is 6.10. The molecule has 2 aromatic heterocycles. The standard InChI is InChI=1S/C26H30N6O5/c1-16-8-6-7-9-21(16)37-15-19(33)14-32-22-23(30(3)26(35)31(4)24(22)34)27-25(32)29-28-17(2)18-10-12-20(36-5)13-11-18/h6-13,19,33H,14-15H2,1-5H3,(H,27,29). The number of rotatable bonds is 9. The average Bonchev–Trinajstić information content (AvgIpc) is 3.26. The van der Waals surface area contributed by atoms with Crippen molar-refractivity contribution in [2.24, 2.45) is 19.2 Å². The number of methoxy groups -OCH3 is 1. The molecular weight excluding hydrogens is 476 g/mol. The zero-order chi connectivity index (χ0) is 26.7. The van der Waals surface area contributed by atoms with Crippen LogP contribution in [-0.4, -0.2) is 49.3 Å². The minimum absolute atomic E-state index is 0.00973. The molecule has 0 aliphatic rings. The number of fused-ring (bicyclic) bond motifs is 1. The van der Waals surface area contributed by atoms with Crippen molar-refractivity contribution in [1.82, 2.24) is 18.7 Å². The molecule has 0 fully saturated rings. The van der Waals surface area contributed by atoms with Crippen LogP contribution in [0.1, 0.15) is 18.1 Å². The maximum absolute atomic E-state index is 13.1. The van der Waals surface area contributed by atoms with Crippen LogP contribution in [0.5, 0.6) is 11.5 Å². The number of nitrogens with one attached hydrogen (secondary N) is 1. The highest BCUT2D eigenvalue weighted by Gasteiger charge is 2.21. The first-order valence-corrected chi connectivity index (χ1v) is 11.7. The number of aryl methyl sites for hydroxylation is 2. The molecule has 2 N–H and O–H groups in total. The van der Waals surface area contributed by atoms with E-state index < -0.39 is 17.4 Å². The average molecular weight is 507 g/mol. The number of anilines is 1. The van der Waals surface area contributed by atoms with E-state index in [0.717, 1.165) is 21.4 Å². The van der Waals surface area contributed by atoms with Gasteiger partial charge >= 0.3 is 5.69 Å². The van der Waals surface area contributed by atoms with Crippen LogP contribution in [0, 0.1) is 6.92 Å². The number of aliphatic hydroxyl groups is 1. The lowest BCUT2D eigenvalue weighted by molar-refractivity contribution is 0.0935. The van der Waals surface area contributed by atoms with Crippen molar-refractivity contribution in [2.75, 3.05) is 19.1 Å². The Morgan fingerprint density at radius 1 is 1.11 bits per heavy atom. The van der Waals surface area contributed by atoms with E-state index in [1.54, 1.807) is 7.11 Å². The van der Waals surface area contributed by atoms with Crippen LogP contribution in [0.4, 0.5) is 5.95 Å². The van der Waals surface area contributed by atoms with E-state index in [4.69, 9.17) is 9.47 Å². The number of aliphatic hydroxyl groups excluding tert-OH is 1. The van der Waals surface area contributed by atoms with E-state index in [2.05, 4.69) is 15.5 Å². The summed E-state index contributed by atoms with van der Waals surface area (Å²) in [5, 5.41) is 15.2. The van der Waals surface area contributed by atoms with Crippen LogP contribution in [-0.2, 0) is 20.6 Å². The Morgan fingerprint density at radius 2 is 1.81 bits per heavy atom. The van der Waals surface area contributed by atoms with Gasteiger partial charge in [-0.3, -0.25) is 13.9 Å². The summed E-state index contributed by atoms with van der Waals surface area (Å²) in [6.07, 6.45) is -0.980. The summed E-state index contributed by atoms with van der Waals surface area (Å²) in [5.41, 5.74) is 4.67. The zero-order valence-corrected chi connectivity index (χ0v) is 21.4. The predicted octanol–water partition coefficient (Wildman–Crippen LogP) is 2.03. The fourth-order valence-electron chi connectivity index (χ4n) is 3.91. The molecule has 0 bridgehead atoms. The van der Waals surface area contributed by atoms with Crippen LogP contribution in [0.3, 0.4) is 0 Å². The Bertz CT molecular complexity index is 1570. The summed E-state index contributed by atoms with van der Waals surface area (Å²) in [6.45, 7) is 3.71. The summed E-state index contributed by atoms with van der Waals surface area (Å²) in [7, 11) is 4.53. The highest BCUT2D eigenvalue weighted by atomic mass is 16.5. The van der Waals surface area contributed by atoms with Crippen molar-refractivity contribution < 1.29 is 14.6 Å². The first kappa shape index (κ1) is 25.7. The number of benzene rings is 2. The van der Waals surface area contributed by atoms with Crippen molar-refractivity contribution in [3.63, 3.8) is 0 Å². The van der Waals surface area contributed by atoms with Crippen LogP contribution < -0.4 is 26.1 Å². The van der Waals surface area contributed by atoms with E-state index in [0.29, 0.717) is 11.5 Å². The third kappa shape index (κ3) is 5.26. The summed E-state index contributed by atoms with van der Waals surface area (Å²) >= 11 is 0. The van der Waals surface area contributed by atoms with Gasteiger partial charge in [-0.1, -0.05) is 18.2 Å². The monoisotopic (exact) mass is 506 g/mol. The molecule has 2 aromatic carbocycles. The maximum atomic E-state index is 13.1. The summed E-state index contributed by atoms with van der Waals surface area (Å²) in [5.74, 6) is 1.59. The van der Waals surface area contributed by atoms with Crippen molar-refractivity contribution in [1.29, 1.82) is 0 Å². The van der Waals surface area contributed by atoms with Gasteiger partial charge in [0.05, 0.1) is 19.4 Å². The van der Waals surface area contributed by atoms with Gasteiger partial charge in [-0.2, -0.15) is 10.1 Å². The van der Waals surface area contributed by atoms with Crippen LogP contribution in [0.25, 0.3) is 11.2 Å². The van der Waals surface area contributed by atoms with Gasteiger partial charge in [0.1, 0.15) is 24.2 Å². The highest BCUT2D eigenvalue weighted by Crippen LogP contribution is 2.19. The molecule has 0 saturated heterocycles. The second-order valence-corrected chi connectivity index (χ2v) is 8.69. The molecule has 1 unspecified atom stereocenters. The van der Waals surface area contributed by atoms with Gasteiger partial charge in [-0.15, -0.1) is 0 Å². The molecule has 37 heavy (non-hydrogen) atoms. The topological polar surface area (TPSA) is 125 Å². The van der Waals surface area contributed by atoms with Crippen LogP contribution in [0.2, 0.25) is 0 Å². The Kier molecular flexibility index (Phi) is 7.44. The van der Waals surface area contributed by atoms with Crippen molar-refractivity contribution in [3.8, 4) is 11.5 Å². The van der Waals surface area contributed by atoms with Crippen molar-refractivity contribution in [2.45, 2.75) is 26.5 Å². The van der Waals surface area contributed by atoms with E-state index in [1.165, 1.54) is 23.2 Å². The lowest BCUT2D eigenvalue weighted by Crippen LogP contribution is -2.38. The van der Waals surface area contributed by atoms with Gasteiger partial charge in [-0.05, 0) is 55.3 Å². The Morgan fingerprint density at radius 3 is 2.49 bits per heavy atom. The highest BCUT2D eigenvalue weighted by molar-refractivity contribution is 5.99. The molecule has 2 heterocycles. The first-order chi connectivity index (χ1) is 17.7. The molecule has 0 aliphatic carbocycles. The Hall–Kier alpha value is -4.38. The number of hydrogen-bond donors (Lipinski definition) is 2. The van der Waals surface area contributed by atoms with Gasteiger partial charge in [0.15, 0.2) is 11.2 Å². The van der Waals surface area contributed by atoms with E-state index >= 15 is 0 Å². The number of hydrogen-bond acceptors (Lipinski definition) is 8. The normalized spacial score (nSPS) is 12.5. The van der Waals surface area contributed by atoms with Crippen LogP contribution in [0.15, 0.2) is 63.2 Å². The lowest BCUT2D eigenvalue weighted by atomic mass is 10.1. The molecule has 0 radical (unpaired) electrons. The molecule has 0 amide bonds. The number of hydrazone groups is 1. The van der Waals surface area contributed by atoms with Crippen molar-refractivity contribution in [3.05, 3.63) is 80.5 Å². The molecule has 11 heteroatoms. The van der Waals surface area contributed by atoms with Crippen molar-refractivity contribution >= 4 is 22.8 Å². The third-order valence-corrected chi connectivity index (χ3v) is 6.10. The maximum Gasteiger partial charge on any atom is 0.332 e. The summed E-state index contributed by atoms with van der Waals surface area (Å²) in [6, 6.07) is 14.9. The van der Waals surface area contributed by atoms with E-state index in [-0.39, 0.29) is 30.3 Å². The summed E-state index contributed by atoms with van der Waals surface area (Å²) in [4.78, 5) is 30.0. The van der Waals surface area contributed by atoms with Gasteiger partial charge in [-0.25, -0.2) is 10.2 Å².